The fraction of sp³-hybridized carbons (Fsp3) is 0.370. The molecule has 0 amide bonds. The average molecular weight is 494 g/mol. The first-order valence-corrected chi connectivity index (χ1v) is 11.8. The number of esters is 2. The number of allylic oxidation sites excluding steroid dienone is 1. The second kappa shape index (κ2) is 12.2. The molecular formula is C27H31N3O6. The molecule has 2 aromatic rings. The zero-order valence-electron chi connectivity index (χ0n) is 21.0. The summed E-state index contributed by atoms with van der Waals surface area (Å²) < 4.78 is 10.9. The van der Waals surface area contributed by atoms with E-state index in [-0.39, 0.29) is 24.5 Å². The lowest BCUT2D eigenvalue weighted by atomic mass is 9.75. The van der Waals surface area contributed by atoms with Crippen LogP contribution in [0, 0.1) is 16.0 Å². The quantitative estimate of drug-likeness (QED) is 0.276. The minimum atomic E-state index is -0.904. The Morgan fingerprint density at radius 1 is 1.08 bits per heavy atom. The maximum atomic E-state index is 13.3. The topological polar surface area (TPSA) is 111 Å². The van der Waals surface area contributed by atoms with Crippen LogP contribution < -0.4 is 0 Å². The van der Waals surface area contributed by atoms with E-state index >= 15 is 0 Å². The standard InChI is InChI=1S/C27H31N3O6/c1-5-35-26(31)23-18(2)28-19(3)24(25(23)21-12-9-13-22(16-21)30(33)34)27(32)36-15-14-29(4)17-20-10-7-6-8-11-20/h6-13,16,23,25H,5,14-15,17H2,1-4H3. The normalized spacial score (nSPS) is 17.5. The van der Waals surface area contributed by atoms with Gasteiger partial charge in [0.15, 0.2) is 0 Å². The number of carbonyl (C=O) groups is 2. The van der Waals surface area contributed by atoms with Gasteiger partial charge in [-0.25, -0.2) is 4.79 Å². The molecule has 1 heterocycles. The number of nitro benzene ring substituents is 1. The number of nitrogens with zero attached hydrogens (tertiary/aromatic N) is 3. The van der Waals surface area contributed by atoms with Crippen LogP contribution in [0.3, 0.4) is 0 Å². The molecule has 9 nitrogen and oxygen atoms in total. The number of carbonyl (C=O) groups excluding carboxylic acids is 2. The van der Waals surface area contributed by atoms with E-state index in [1.807, 2.05) is 42.3 Å². The molecule has 0 fully saturated rings. The number of nitro groups is 1. The van der Waals surface area contributed by atoms with E-state index in [4.69, 9.17) is 9.47 Å². The molecule has 9 heteroatoms. The van der Waals surface area contributed by atoms with E-state index in [0.717, 1.165) is 5.56 Å². The first-order valence-electron chi connectivity index (χ1n) is 11.8. The molecule has 2 unspecified atom stereocenters. The third kappa shape index (κ3) is 6.42. The van der Waals surface area contributed by atoms with Gasteiger partial charge in [-0.3, -0.25) is 24.8 Å². The summed E-state index contributed by atoms with van der Waals surface area (Å²) in [5, 5.41) is 11.4. The van der Waals surface area contributed by atoms with Gasteiger partial charge in [0.2, 0.25) is 0 Å². The number of hydrogen-bond donors (Lipinski definition) is 0. The molecule has 1 aliphatic heterocycles. The Morgan fingerprint density at radius 3 is 2.47 bits per heavy atom. The van der Waals surface area contributed by atoms with Gasteiger partial charge >= 0.3 is 11.9 Å². The summed E-state index contributed by atoms with van der Waals surface area (Å²) >= 11 is 0. The van der Waals surface area contributed by atoms with Crippen molar-refractivity contribution in [2.45, 2.75) is 33.2 Å². The maximum absolute atomic E-state index is 13.3. The molecule has 3 rings (SSSR count). The molecule has 0 aliphatic carbocycles. The van der Waals surface area contributed by atoms with Crippen molar-refractivity contribution in [2.75, 3.05) is 26.8 Å². The molecule has 2 atom stereocenters. The number of benzene rings is 2. The van der Waals surface area contributed by atoms with Gasteiger partial charge in [-0.15, -0.1) is 0 Å². The fourth-order valence-electron chi connectivity index (χ4n) is 4.38. The van der Waals surface area contributed by atoms with Gasteiger partial charge in [0.1, 0.15) is 12.5 Å². The van der Waals surface area contributed by atoms with Gasteiger partial charge < -0.3 is 9.47 Å². The van der Waals surface area contributed by atoms with E-state index < -0.39 is 28.7 Å². The molecule has 36 heavy (non-hydrogen) atoms. The van der Waals surface area contributed by atoms with Crippen LogP contribution in [0.2, 0.25) is 0 Å². The van der Waals surface area contributed by atoms with Gasteiger partial charge in [0.05, 0.1) is 17.1 Å². The van der Waals surface area contributed by atoms with E-state index in [1.54, 1.807) is 26.8 Å². The van der Waals surface area contributed by atoms with E-state index in [2.05, 4.69) is 4.99 Å². The lowest BCUT2D eigenvalue weighted by Crippen LogP contribution is -2.37. The van der Waals surface area contributed by atoms with Crippen molar-refractivity contribution in [1.82, 2.24) is 4.90 Å². The average Bonchev–Trinajstić information content (AvgIpc) is 2.84. The molecule has 2 aromatic carbocycles. The predicted molar refractivity (Wildman–Crippen MR) is 136 cm³/mol. The SMILES string of the molecule is CCOC(=O)C1C(C)=NC(C)=C(C(=O)OCCN(C)Cc2ccccc2)C1c1cccc([N+](=O)[O-])c1. The number of non-ortho nitro benzene ring substituents is 1. The molecule has 0 N–H and O–H groups in total. The largest absolute Gasteiger partial charge is 0.465 e. The van der Waals surface area contributed by atoms with Crippen LogP contribution in [0.1, 0.15) is 37.8 Å². The van der Waals surface area contributed by atoms with Gasteiger partial charge in [-0.05, 0) is 38.9 Å². The molecule has 0 aromatic heterocycles. The van der Waals surface area contributed by atoms with Crippen LogP contribution in [0.25, 0.3) is 0 Å². The molecule has 0 saturated heterocycles. The summed E-state index contributed by atoms with van der Waals surface area (Å²) in [5.74, 6) is -2.88. The van der Waals surface area contributed by atoms with Crippen molar-refractivity contribution in [3.05, 3.63) is 87.1 Å². The molecule has 0 saturated carbocycles. The van der Waals surface area contributed by atoms with Crippen LogP contribution in [-0.4, -0.2) is 54.3 Å². The van der Waals surface area contributed by atoms with Crippen LogP contribution in [0.5, 0.6) is 0 Å². The number of ether oxygens (including phenoxy) is 2. The summed E-state index contributed by atoms with van der Waals surface area (Å²) in [5.41, 5.74) is 2.54. The molecule has 190 valence electrons. The lowest BCUT2D eigenvalue weighted by molar-refractivity contribution is -0.384. The second-order valence-electron chi connectivity index (χ2n) is 8.67. The van der Waals surface area contributed by atoms with Crippen LogP contribution in [0.15, 0.2) is 70.9 Å². The van der Waals surface area contributed by atoms with Crippen molar-refractivity contribution >= 4 is 23.3 Å². The second-order valence-corrected chi connectivity index (χ2v) is 8.67. The number of rotatable bonds is 10. The molecule has 0 spiro atoms. The first-order chi connectivity index (χ1) is 17.2. The van der Waals surface area contributed by atoms with E-state index in [1.165, 1.54) is 18.2 Å². The number of hydrogen-bond acceptors (Lipinski definition) is 8. The zero-order chi connectivity index (χ0) is 26.2. The Morgan fingerprint density at radius 2 is 1.81 bits per heavy atom. The van der Waals surface area contributed by atoms with Crippen LogP contribution in [-0.2, 0) is 25.6 Å². The van der Waals surface area contributed by atoms with Crippen LogP contribution >= 0.6 is 0 Å². The lowest BCUT2D eigenvalue weighted by Gasteiger charge is -2.31. The van der Waals surface area contributed by atoms with Gasteiger partial charge in [0.25, 0.3) is 5.69 Å². The Kier molecular flexibility index (Phi) is 9.08. The Balaban J connectivity index is 1.85. The summed E-state index contributed by atoms with van der Waals surface area (Å²) in [6.07, 6.45) is 0. The Labute approximate surface area is 210 Å². The molecule has 1 aliphatic rings. The predicted octanol–water partition coefficient (Wildman–Crippen LogP) is 4.28. The Hall–Kier alpha value is -3.85. The monoisotopic (exact) mass is 493 g/mol. The molecular weight excluding hydrogens is 462 g/mol. The van der Waals surface area contributed by atoms with Crippen molar-refractivity contribution in [3.63, 3.8) is 0 Å². The van der Waals surface area contributed by atoms with Gasteiger partial charge in [-0.1, -0.05) is 42.5 Å². The number of likely N-dealkylation sites (N-methyl/N-ethyl adjacent to an activating group) is 1. The molecule has 0 radical (unpaired) electrons. The van der Waals surface area contributed by atoms with Crippen molar-refractivity contribution in [1.29, 1.82) is 0 Å². The highest BCUT2D eigenvalue weighted by atomic mass is 16.6. The minimum Gasteiger partial charge on any atom is -0.465 e. The maximum Gasteiger partial charge on any atom is 0.336 e. The Bertz CT molecular complexity index is 1180. The van der Waals surface area contributed by atoms with Gasteiger partial charge in [0, 0.05) is 42.5 Å². The first kappa shape index (κ1) is 26.7. The summed E-state index contributed by atoms with van der Waals surface area (Å²) in [7, 11) is 1.93. The van der Waals surface area contributed by atoms with E-state index in [9.17, 15) is 19.7 Å². The summed E-state index contributed by atoms with van der Waals surface area (Å²) in [4.78, 5) is 43.7. The number of aliphatic imine (C=N–C) groups is 1. The highest BCUT2D eigenvalue weighted by Gasteiger charge is 2.42. The highest BCUT2D eigenvalue weighted by Crippen LogP contribution is 2.41. The van der Waals surface area contributed by atoms with Crippen molar-refractivity contribution in [3.8, 4) is 0 Å². The zero-order valence-corrected chi connectivity index (χ0v) is 21.0. The highest BCUT2D eigenvalue weighted by molar-refractivity contribution is 6.07. The fourth-order valence-corrected chi connectivity index (χ4v) is 4.38. The van der Waals surface area contributed by atoms with Gasteiger partial charge in [-0.2, -0.15) is 0 Å². The van der Waals surface area contributed by atoms with Crippen LogP contribution in [0.4, 0.5) is 5.69 Å². The molecule has 0 bridgehead atoms. The minimum absolute atomic E-state index is 0.132. The van der Waals surface area contributed by atoms with Crippen molar-refractivity contribution < 1.29 is 24.0 Å². The third-order valence-electron chi connectivity index (χ3n) is 6.03. The van der Waals surface area contributed by atoms with Crippen molar-refractivity contribution in [2.24, 2.45) is 10.9 Å². The summed E-state index contributed by atoms with van der Waals surface area (Å²) in [6, 6.07) is 15.9. The third-order valence-corrected chi connectivity index (χ3v) is 6.03. The summed E-state index contributed by atoms with van der Waals surface area (Å²) in [6.45, 7) is 6.54. The smallest absolute Gasteiger partial charge is 0.336 e. The van der Waals surface area contributed by atoms with E-state index in [0.29, 0.717) is 30.1 Å².